The minimum Gasteiger partial charge on any atom is -0.438 e. The molecule has 1 N–H and O–H groups in total. The Morgan fingerprint density at radius 2 is 1.68 bits per heavy atom. The Bertz CT molecular complexity index is 1020. The van der Waals surface area contributed by atoms with Crippen LogP contribution in [-0.2, 0) is 10.0 Å². The molecule has 1 aliphatic rings. The van der Waals surface area contributed by atoms with E-state index in [0.717, 1.165) is 12.1 Å². The van der Waals surface area contributed by atoms with Crippen LogP contribution in [0.25, 0.3) is 0 Å². The number of amides is 2. The average molecular weight is 430 g/mol. The topological polar surface area (TPSA) is 99.9 Å². The van der Waals surface area contributed by atoms with Crippen molar-refractivity contribution in [2.45, 2.75) is 5.09 Å². The lowest BCUT2D eigenvalue weighted by Crippen LogP contribution is -2.50. The highest BCUT2D eigenvalue weighted by molar-refractivity contribution is 7.89. The molecule has 2 amide bonds. The summed E-state index contributed by atoms with van der Waals surface area (Å²) in [5.41, 5.74) is 0.191. The molecule has 0 atom stereocenters. The summed E-state index contributed by atoms with van der Waals surface area (Å²) in [6.45, 7) is 0.970. The van der Waals surface area contributed by atoms with Crippen LogP contribution in [0, 0.1) is 5.82 Å². The number of nitrogens with one attached hydrogen (secondary N) is 1. The number of hydrogen-bond acceptors (Lipinski definition) is 5. The van der Waals surface area contributed by atoms with Crippen LogP contribution in [0.5, 0.6) is 0 Å². The highest BCUT2D eigenvalue weighted by atomic mass is 35.5. The van der Waals surface area contributed by atoms with Gasteiger partial charge in [0.05, 0.1) is 10.6 Å². The number of rotatable bonds is 4. The summed E-state index contributed by atoms with van der Waals surface area (Å²) < 4.78 is 43.8. The molecule has 2 heterocycles. The van der Waals surface area contributed by atoms with Gasteiger partial charge < -0.3 is 14.2 Å². The molecule has 11 heteroatoms. The number of furan rings is 1. The third kappa shape index (κ3) is 4.03. The Balaban J connectivity index is 1.65. The van der Waals surface area contributed by atoms with Gasteiger partial charge >= 0.3 is 0 Å². The standard InChI is InChI=1S/C17H17ClFN3O5S/c1-20-28(25,26)15-5-4-14(27-15)17(24)22-8-6-21(7-9-22)16(23)12-3-2-11(19)10-13(12)18/h2-5,10,20H,6-9H2,1H3. The monoisotopic (exact) mass is 429 g/mol. The van der Waals surface area contributed by atoms with Gasteiger partial charge in [0.2, 0.25) is 5.09 Å². The summed E-state index contributed by atoms with van der Waals surface area (Å²) in [4.78, 5) is 28.0. The molecule has 8 nitrogen and oxygen atoms in total. The molecule has 3 rings (SSSR count). The van der Waals surface area contributed by atoms with E-state index >= 15 is 0 Å². The molecule has 0 spiro atoms. The number of hydrogen-bond donors (Lipinski definition) is 1. The van der Waals surface area contributed by atoms with Crippen molar-refractivity contribution in [1.82, 2.24) is 14.5 Å². The van der Waals surface area contributed by atoms with Crippen molar-refractivity contribution >= 4 is 33.4 Å². The second-order valence-corrected chi connectivity index (χ2v) is 8.26. The van der Waals surface area contributed by atoms with Gasteiger partial charge in [-0.3, -0.25) is 9.59 Å². The smallest absolute Gasteiger partial charge is 0.289 e. The molecule has 150 valence electrons. The first-order valence-corrected chi connectivity index (χ1v) is 10.2. The number of nitrogens with zero attached hydrogens (tertiary/aromatic N) is 2. The third-order valence-corrected chi connectivity index (χ3v) is 5.94. The maximum Gasteiger partial charge on any atom is 0.289 e. The van der Waals surface area contributed by atoms with E-state index in [1.54, 1.807) is 0 Å². The van der Waals surface area contributed by atoms with Gasteiger partial charge in [-0.15, -0.1) is 0 Å². The van der Waals surface area contributed by atoms with Crippen molar-refractivity contribution in [3.05, 3.63) is 52.5 Å². The number of benzene rings is 1. The number of carbonyl (C=O) groups excluding carboxylic acids is 2. The first-order chi connectivity index (χ1) is 13.2. The van der Waals surface area contributed by atoms with E-state index in [0.29, 0.717) is 0 Å². The minimum atomic E-state index is -3.78. The van der Waals surface area contributed by atoms with E-state index in [2.05, 4.69) is 4.72 Å². The van der Waals surface area contributed by atoms with Gasteiger partial charge in [0, 0.05) is 26.2 Å². The average Bonchev–Trinajstić information content (AvgIpc) is 3.18. The zero-order valence-electron chi connectivity index (χ0n) is 14.8. The normalized spacial score (nSPS) is 15.0. The van der Waals surface area contributed by atoms with E-state index in [1.165, 1.54) is 35.0 Å². The first-order valence-electron chi connectivity index (χ1n) is 8.30. The lowest BCUT2D eigenvalue weighted by atomic mass is 10.1. The molecule has 0 aliphatic carbocycles. The van der Waals surface area contributed by atoms with E-state index in [4.69, 9.17) is 16.0 Å². The van der Waals surface area contributed by atoms with Gasteiger partial charge in [-0.2, -0.15) is 0 Å². The summed E-state index contributed by atoms with van der Waals surface area (Å²) in [6, 6.07) is 6.05. The fourth-order valence-electron chi connectivity index (χ4n) is 2.78. The third-order valence-electron chi connectivity index (χ3n) is 4.34. The number of halogens is 2. The predicted octanol–water partition coefficient (Wildman–Crippen LogP) is 1.58. The molecule has 0 bridgehead atoms. The Hall–Kier alpha value is -2.43. The summed E-state index contributed by atoms with van der Waals surface area (Å²) in [6.07, 6.45) is 0. The van der Waals surface area contributed by atoms with E-state index in [-0.39, 0.29) is 53.5 Å². The van der Waals surface area contributed by atoms with Gasteiger partial charge in [0.15, 0.2) is 5.76 Å². The Labute approximate surface area is 165 Å². The Morgan fingerprint density at radius 3 is 2.25 bits per heavy atom. The van der Waals surface area contributed by atoms with Crippen molar-refractivity contribution in [1.29, 1.82) is 0 Å². The first kappa shape index (κ1) is 20.3. The molecule has 1 aliphatic heterocycles. The van der Waals surface area contributed by atoms with Crippen LogP contribution in [0.4, 0.5) is 4.39 Å². The maximum atomic E-state index is 13.1. The van der Waals surface area contributed by atoms with Crippen molar-refractivity contribution in [3.63, 3.8) is 0 Å². The largest absolute Gasteiger partial charge is 0.438 e. The van der Waals surface area contributed by atoms with Crippen LogP contribution in [0.15, 0.2) is 39.8 Å². The highest BCUT2D eigenvalue weighted by Crippen LogP contribution is 2.21. The Morgan fingerprint density at radius 1 is 1.07 bits per heavy atom. The highest BCUT2D eigenvalue weighted by Gasteiger charge is 2.29. The Kier molecular flexibility index (Phi) is 5.73. The van der Waals surface area contributed by atoms with E-state index < -0.39 is 21.7 Å². The van der Waals surface area contributed by atoms with E-state index in [1.807, 2.05) is 0 Å². The van der Waals surface area contributed by atoms with Gasteiger partial charge in [0.1, 0.15) is 5.82 Å². The molecule has 1 aromatic heterocycles. The van der Waals surface area contributed by atoms with Crippen molar-refractivity contribution in [3.8, 4) is 0 Å². The quantitative estimate of drug-likeness (QED) is 0.795. The molecule has 0 unspecified atom stereocenters. The zero-order chi connectivity index (χ0) is 20.5. The van der Waals surface area contributed by atoms with Crippen molar-refractivity contribution < 1.29 is 26.8 Å². The van der Waals surface area contributed by atoms with Crippen LogP contribution < -0.4 is 4.72 Å². The van der Waals surface area contributed by atoms with Gasteiger partial charge in [0.25, 0.3) is 21.8 Å². The van der Waals surface area contributed by atoms with Gasteiger partial charge in [-0.05, 0) is 37.4 Å². The molecule has 2 aromatic rings. The van der Waals surface area contributed by atoms with Gasteiger partial charge in [-0.25, -0.2) is 17.5 Å². The summed E-state index contributed by atoms with van der Waals surface area (Å²) in [5, 5.41) is -0.324. The number of piperazine rings is 1. The molecule has 0 saturated carbocycles. The van der Waals surface area contributed by atoms with Crippen LogP contribution in [0.2, 0.25) is 5.02 Å². The summed E-state index contributed by atoms with van der Waals surface area (Å²) in [5.74, 6) is -1.45. The zero-order valence-corrected chi connectivity index (χ0v) is 16.4. The maximum absolute atomic E-state index is 13.1. The molecule has 28 heavy (non-hydrogen) atoms. The molecular formula is C17H17ClFN3O5S. The predicted molar refractivity (Wildman–Crippen MR) is 98.2 cm³/mol. The number of carbonyl (C=O) groups is 2. The summed E-state index contributed by atoms with van der Waals surface area (Å²) in [7, 11) is -2.54. The minimum absolute atomic E-state index is 0.0253. The van der Waals surface area contributed by atoms with Crippen LogP contribution in [-0.4, -0.2) is 63.3 Å². The number of sulfonamides is 1. The molecule has 0 radical (unpaired) electrons. The lowest BCUT2D eigenvalue weighted by molar-refractivity contribution is 0.0515. The molecular weight excluding hydrogens is 413 g/mol. The molecule has 1 aromatic carbocycles. The SMILES string of the molecule is CNS(=O)(=O)c1ccc(C(=O)N2CCN(C(=O)c3ccc(F)cc3Cl)CC2)o1. The van der Waals surface area contributed by atoms with Crippen LogP contribution in [0.1, 0.15) is 20.9 Å². The second-order valence-electron chi connectivity index (χ2n) is 6.03. The molecule has 1 saturated heterocycles. The van der Waals surface area contributed by atoms with Crippen molar-refractivity contribution in [2.24, 2.45) is 0 Å². The molecule has 1 fully saturated rings. The van der Waals surface area contributed by atoms with Crippen LogP contribution >= 0.6 is 11.6 Å². The van der Waals surface area contributed by atoms with E-state index in [9.17, 15) is 22.4 Å². The fraction of sp³-hybridized carbons (Fsp3) is 0.294. The second kappa shape index (κ2) is 7.90. The van der Waals surface area contributed by atoms with Gasteiger partial charge in [-0.1, -0.05) is 11.6 Å². The van der Waals surface area contributed by atoms with Crippen LogP contribution in [0.3, 0.4) is 0 Å². The fourth-order valence-corrected chi connectivity index (χ4v) is 3.68. The van der Waals surface area contributed by atoms with Crippen molar-refractivity contribution in [2.75, 3.05) is 33.2 Å². The summed E-state index contributed by atoms with van der Waals surface area (Å²) >= 11 is 5.94. The lowest BCUT2D eigenvalue weighted by Gasteiger charge is -2.34.